The van der Waals surface area contributed by atoms with Crippen molar-refractivity contribution in [1.29, 1.82) is 0 Å². The van der Waals surface area contributed by atoms with E-state index >= 15 is 0 Å². The molecule has 0 N–H and O–H groups in total. The summed E-state index contributed by atoms with van der Waals surface area (Å²) >= 11 is 0. The highest BCUT2D eigenvalue weighted by molar-refractivity contribution is 5.81. The van der Waals surface area contributed by atoms with Gasteiger partial charge in [-0.2, -0.15) is 0 Å². The van der Waals surface area contributed by atoms with Gasteiger partial charge in [-0.25, -0.2) is 0 Å². The van der Waals surface area contributed by atoms with E-state index in [1.165, 1.54) is 25.7 Å². The Bertz CT molecular complexity index is 434. The number of amides is 2. The predicted molar refractivity (Wildman–Crippen MR) is 94.6 cm³/mol. The highest BCUT2D eigenvalue weighted by Gasteiger charge is 2.31. The van der Waals surface area contributed by atoms with Crippen molar-refractivity contribution < 1.29 is 9.59 Å². The van der Waals surface area contributed by atoms with Crippen LogP contribution in [0.25, 0.3) is 0 Å². The van der Waals surface area contributed by atoms with Crippen molar-refractivity contribution in [2.45, 2.75) is 51.4 Å². The molecule has 0 radical (unpaired) electrons. The molecule has 0 unspecified atom stereocenters. The summed E-state index contributed by atoms with van der Waals surface area (Å²) in [7, 11) is 2.07. The standard InChI is InChI=1S/C19H33N3O2/c1-20(14-16-6-2-3-7-16)15-18(23)21-12-8-17(9-13-21)19(24)22-10-4-5-11-22/h16-17H,2-15H2,1H3. The first-order valence-corrected chi connectivity index (χ1v) is 9.88. The Morgan fingerprint density at radius 1 is 0.875 bits per heavy atom. The zero-order chi connectivity index (χ0) is 16.9. The minimum absolute atomic E-state index is 0.142. The molecule has 0 aromatic heterocycles. The van der Waals surface area contributed by atoms with E-state index in [0.717, 1.165) is 64.3 Å². The number of likely N-dealkylation sites (tertiary alicyclic amines) is 2. The molecule has 1 aliphatic carbocycles. The van der Waals surface area contributed by atoms with Crippen LogP contribution in [-0.2, 0) is 9.59 Å². The Kier molecular flexibility index (Phi) is 6.14. The molecule has 5 nitrogen and oxygen atoms in total. The second kappa shape index (κ2) is 8.32. The monoisotopic (exact) mass is 335 g/mol. The Balaban J connectivity index is 1.38. The van der Waals surface area contributed by atoms with E-state index in [4.69, 9.17) is 0 Å². The van der Waals surface area contributed by atoms with Gasteiger partial charge in [0.15, 0.2) is 0 Å². The predicted octanol–water partition coefficient (Wildman–Crippen LogP) is 1.97. The average molecular weight is 335 g/mol. The van der Waals surface area contributed by atoms with Crippen molar-refractivity contribution in [2.75, 3.05) is 46.3 Å². The van der Waals surface area contributed by atoms with E-state index in [1.54, 1.807) is 0 Å². The minimum Gasteiger partial charge on any atom is -0.342 e. The number of piperidine rings is 1. The number of rotatable bonds is 5. The Hall–Kier alpha value is -1.10. The van der Waals surface area contributed by atoms with Gasteiger partial charge in [0, 0.05) is 38.6 Å². The van der Waals surface area contributed by atoms with E-state index < -0.39 is 0 Å². The minimum atomic E-state index is 0.142. The maximum Gasteiger partial charge on any atom is 0.236 e. The highest BCUT2D eigenvalue weighted by atomic mass is 16.2. The molecule has 1 saturated carbocycles. The van der Waals surface area contributed by atoms with Crippen LogP contribution in [0, 0.1) is 11.8 Å². The zero-order valence-corrected chi connectivity index (χ0v) is 15.2. The number of carbonyl (C=O) groups excluding carboxylic acids is 2. The van der Waals surface area contributed by atoms with Gasteiger partial charge in [-0.05, 0) is 51.5 Å². The lowest BCUT2D eigenvalue weighted by molar-refractivity contribution is -0.140. The van der Waals surface area contributed by atoms with Crippen molar-refractivity contribution in [3.63, 3.8) is 0 Å². The average Bonchev–Trinajstić information content (AvgIpc) is 3.27. The Morgan fingerprint density at radius 2 is 1.50 bits per heavy atom. The summed E-state index contributed by atoms with van der Waals surface area (Å²) in [5.74, 6) is 1.50. The quantitative estimate of drug-likeness (QED) is 0.771. The molecule has 136 valence electrons. The molecular weight excluding hydrogens is 302 g/mol. The second-order valence-corrected chi connectivity index (χ2v) is 8.03. The van der Waals surface area contributed by atoms with Gasteiger partial charge in [0.05, 0.1) is 6.54 Å². The summed E-state index contributed by atoms with van der Waals surface area (Å²) in [5, 5.41) is 0. The number of likely N-dealkylation sites (N-methyl/N-ethyl adjacent to an activating group) is 1. The molecule has 0 aromatic rings. The Morgan fingerprint density at radius 3 is 2.12 bits per heavy atom. The van der Waals surface area contributed by atoms with Crippen LogP contribution in [0.3, 0.4) is 0 Å². The fraction of sp³-hybridized carbons (Fsp3) is 0.895. The van der Waals surface area contributed by atoms with Gasteiger partial charge in [0.25, 0.3) is 0 Å². The van der Waals surface area contributed by atoms with Crippen molar-refractivity contribution in [2.24, 2.45) is 11.8 Å². The molecule has 3 aliphatic rings. The van der Waals surface area contributed by atoms with Gasteiger partial charge in [0.2, 0.25) is 11.8 Å². The van der Waals surface area contributed by atoms with Gasteiger partial charge in [0.1, 0.15) is 0 Å². The molecule has 2 amide bonds. The normalized spacial score (nSPS) is 23.4. The van der Waals surface area contributed by atoms with Crippen LogP contribution in [-0.4, -0.2) is 72.8 Å². The molecule has 0 bridgehead atoms. The van der Waals surface area contributed by atoms with Crippen LogP contribution in [0.1, 0.15) is 51.4 Å². The molecule has 2 aliphatic heterocycles. The summed E-state index contributed by atoms with van der Waals surface area (Å²) in [5.41, 5.74) is 0. The lowest BCUT2D eigenvalue weighted by Gasteiger charge is -2.34. The molecule has 3 fully saturated rings. The van der Waals surface area contributed by atoms with Crippen LogP contribution in [0.2, 0.25) is 0 Å². The van der Waals surface area contributed by atoms with Crippen molar-refractivity contribution in [1.82, 2.24) is 14.7 Å². The third-order valence-corrected chi connectivity index (χ3v) is 6.06. The Labute approximate surface area is 146 Å². The van der Waals surface area contributed by atoms with Crippen molar-refractivity contribution in [3.05, 3.63) is 0 Å². The molecule has 3 rings (SSSR count). The van der Waals surface area contributed by atoms with Crippen LogP contribution >= 0.6 is 0 Å². The molecule has 24 heavy (non-hydrogen) atoms. The summed E-state index contributed by atoms with van der Waals surface area (Å²) in [4.78, 5) is 31.2. The summed E-state index contributed by atoms with van der Waals surface area (Å²) in [6.45, 7) is 4.95. The zero-order valence-electron chi connectivity index (χ0n) is 15.2. The molecule has 0 aromatic carbocycles. The van der Waals surface area contributed by atoms with Crippen LogP contribution < -0.4 is 0 Å². The van der Waals surface area contributed by atoms with Gasteiger partial charge in [-0.15, -0.1) is 0 Å². The first-order valence-electron chi connectivity index (χ1n) is 9.88. The van der Waals surface area contributed by atoms with E-state index in [1.807, 2.05) is 9.80 Å². The van der Waals surface area contributed by atoms with E-state index in [-0.39, 0.29) is 11.8 Å². The summed E-state index contributed by atoms with van der Waals surface area (Å²) < 4.78 is 0. The number of hydrogen-bond donors (Lipinski definition) is 0. The van der Waals surface area contributed by atoms with Crippen LogP contribution in [0.5, 0.6) is 0 Å². The van der Waals surface area contributed by atoms with Gasteiger partial charge in [-0.1, -0.05) is 12.8 Å². The topological polar surface area (TPSA) is 43.9 Å². The lowest BCUT2D eigenvalue weighted by Crippen LogP contribution is -2.46. The molecule has 2 saturated heterocycles. The SMILES string of the molecule is CN(CC(=O)N1CCC(C(=O)N2CCCC2)CC1)CC1CCCC1. The smallest absolute Gasteiger partial charge is 0.236 e. The van der Waals surface area contributed by atoms with Crippen molar-refractivity contribution >= 4 is 11.8 Å². The maximum absolute atomic E-state index is 12.5. The summed E-state index contributed by atoms with van der Waals surface area (Å²) in [6.07, 6.45) is 9.33. The van der Waals surface area contributed by atoms with E-state index in [0.29, 0.717) is 12.5 Å². The number of nitrogens with zero attached hydrogens (tertiary/aromatic N) is 3. The van der Waals surface area contributed by atoms with Gasteiger partial charge in [-0.3, -0.25) is 14.5 Å². The number of carbonyl (C=O) groups is 2. The largest absolute Gasteiger partial charge is 0.342 e. The van der Waals surface area contributed by atoms with Crippen LogP contribution in [0.15, 0.2) is 0 Å². The van der Waals surface area contributed by atoms with Crippen LogP contribution in [0.4, 0.5) is 0 Å². The first-order chi connectivity index (χ1) is 11.6. The fourth-order valence-corrected chi connectivity index (χ4v) is 4.60. The molecule has 0 atom stereocenters. The van der Waals surface area contributed by atoms with Crippen molar-refractivity contribution in [3.8, 4) is 0 Å². The third-order valence-electron chi connectivity index (χ3n) is 6.06. The third kappa shape index (κ3) is 4.50. The van der Waals surface area contributed by atoms with Gasteiger partial charge < -0.3 is 9.80 Å². The molecule has 5 heteroatoms. The lowest BCUT2D eigenvalue weighted by atomic mass is 9.95. The second-order valence-electron chi connectivity index (χ2n) is 8.03. The molecular formula is C19H33N3O2. The molecule has 0 spiro atoms. The highest BCUT2D eigenvalue weighted by Crippen LogP contribution is 2.25. The van der Waals surface area contributed by atoms with E-state index in [9.17, 15) is 9.59 Å². The first kappa shape index (κ1) is 17.7. The molecule has 2 heterocycles. The number of hydrogen-bond acceptors (Lipinski definition) is 3. The van der Waals surface area contributed by atoms with Gasteiger partial charge >= 0.3 is 0 Å². The fourth-order valence-electron chi connectivity index (χ4n) is 4.60. The maximum atomic E-state index is 12.5. The van der Waals surface area contributed by atoms with E-state index in [2.05, 4.69) is 11.9 Å². The summed E-state index contributed by atoms with van der Waals surface area (Å²) in [6, 6.07) is 0.